The van der Waals surface area contributed by atoms with Gasteiger partial charge < -0.3 is 29.5 Å². The molecule has 0 atom stereocenters. The van der Waals surface area contributed by atoms with Crippen LogP contribution in [0, 0.1) is 0 Å². The maximum Gasteiger partial charge on any atom is 0.337 e. The lowest BCUT2D eigenvalue weighted by Gasteiger charge is -2.26. The van der Waals surface area contributed by atoms with Gasteiger partial charge in [0.25, 0.3) is 0 Å². The highest BCUT2D eigenvalue weighted by atomic mass is 16.6. The molecular weight excluding hydrogens is 288 g/mol. The SMILES string of the molecule is CCOCCOCCOC(CC(=O)O)(CC(=O)O)C(=O)O. The van der Waals surface area contributed by atoms with Crippen LogP contribution in [0.5, 0.6) is 0 Å². The van der Waals surface area contributed by atoms with Gasteiger partial charge in [0.05, 0.1) is 39.3 Å². The molecule has 0 fully saturated rings. The molecule has 0 aliphatic heterocycles. The van der Waals surface area contributed by atoms with Gasteiger partial charge >= 0.3 is 17.9 Å². The van der Waals surface area contributed by atoms with Gasteiger partial charge in [-0.25, -0.2) is 4.79 Å². The highest BCUT2D eigenvalue weighted by Crippen LogP contribution is 2.22. The maximum absolute atomic E-state index is 11.2. The Morgan fingerprint density at radius 2 is 1.33 bits per heavy atom. The summed E-state index contributed by atoms with van der Waals surface area (Å²) in [7, 11) is 0. The summed E-state index contributed by atoms with van der Waals surface area (Å²) >= 11 is 0. The van der Waals surface area contributed by atoms with E-state index in [1.54, 1.807) is 0 Å². The Kier molecular flexibility index (Phi) is 9.26. The Hall–Kier alpha value is -1.71. The summed E-state index contributed by atoms with van der Waals surface area (Å²) in [5, 5.41) is 26.5. The molecule has 9 heteroatoms. The Bertz CT molecular complexity index is 337. The quantitative estimate of drug-likeness (QED) is 0.395. The third kappa shape index (κ3) is 8.23. The predicted molar refractivity (Wildman–Crippen MR) is 68.1 cm³/mol. The van der Waals surface area contributed by atoms with Crippen LogP contribution in [-0.2, 0) is 28.6 Å². The van der Waals surface area contributed by atoms with Crippen molar-refractivity contribution in [3.63, 3.8) is 0 Å². The summed E-state index contributed by atoms with van der Waals surface area (Å²) in [6.45, 7) is 2.77. The van der Waals surface area contributed by atoms with Crippen molar-refractivity contribution in [2.45, 2.75) is 25.4 Å². The predicted octanol–water partition coefficient (Wildman–Crippen LogP) is -0.171. The van der Waals surface area contributed by atoms with Crippen molar-refractivity contribution in [2.24, 2.45) is 0 Å². The van der Waals surface area contributed by atoms with Gasteiger partial charge in [0.15, 0.2) is 5.60 Å². The summed E-state index contributed by atoms with van der Waals surface area (Å²) in [6.07, 6.45) is -1.90. The number of hydrogen-bond donors (Lipinski definition) is 3. The van der Waals surface area contributed by atoms with Crippen molar-refractivity contribution < 1.29 is 43.9 Å². The minimum Gasteiger partial charge on any atom is -0.481 e. The van der Waals surface area contributed by atoms with Crippen molar-refractivity contribution in [3.8, 4) is 0 Å². The van der Waals surface area contributed by atoms with E-state index in [1.807, 2.05) is 6.92 Å². The molecule has 0 aromatic heterocycles. The van der Waals surface area contributed by atoms with Gasteiger partial charge in [-0.05, 0) is 6.92 Å². The molecule has 0 saturated heterocycles. The zero-order valence-corrected chi connectivity index (χ0v) is 11.7. The zero-order chi connectivity index (χ0) is 16.3. The van der Waals surface area contributed by atoms with Crippen LogP contribution in [0.25, 0.3) is 0 Å². The zero-order valence-electron chi connectivity index (χ0n) is 11.7. The van der Waals surface area contributed by atoms with Crippen molar-refractivity contribution >= 4 is 17.9 Å². The van der Waals surface area contributed by atoms with E-state index in [0.717, 1.165) is 0 Å². The first kappa shape index (κ1) is 19.3. The van der Waals surface area contributed by atoms with Crippen LogP contribution in [0.15, 0.2) is 0 Å². The van der Waals surface area contributed by atoms with Crippen molar-refractivity contribution in [2.75, 3.05) is 33.0 Å². The summed E-state index contributed by atoms with van der Waals surface area (Å²) < 4.78 is 15.1. The van der Waals surface area contributed by atoms with Crippen LogP contribution in [0.1, 0.15) is 19.8 Å². The molecule has 0 aromatic carbocycles. The summed E-state index contributed by atoms with van der Waals surface area (Å²) in [5.41, 5.74) is -2.30. The van der Waals surface area contributed by atoms with E-state index in [0.29, 0.717) is 13.2 Å². The van der Waals surface area contributed by atoms with Crippen LogP contribution >= 0.6 is 0 Å². The van der Waals surface area contributed by atoms with Gasteiger partial charge in [-0.3, -0.25) is 9.59 Å². The van der Waals surface area contributed by atoms with Crippen LogP contribution in [0.3, 0.4) is 0 Å². The molecular formula is C12H20O9. The van der Waals surface area contributed by atoms with E-state index in [9.17, 15) is 14.4 Å². The van der Waals surface area contributed by atoms with Crippen molar-refractivity contribution in [3.05, 3.63) is 0 Å². The molecule has 0 amide bonds. The molecule has 9 nitrogen and oxygen atoms in total. The monoisotopic (exact) mass is 308 g/mol. The standard InChI is InChI=1S/C12H20O9/c1-2-19-3-4-20-5-6-21-12(11(17)18,7-9(13)14)8-10(15)16/h2-8H2,1H3,(H,13,14)(H,15,16)(H,17,18). The van der Waals surface area contributed by atoms with Crippen LogP contribution in [0.2, 0.25) is 0 Å². The number of ether oxygens (including phenoxy) is 3. The van der Waals surface area contributed by atoms with Crippen molar-refractivity contribution in [1.29, 1.82) is 0 Å². The largest absolute Gasteiger partial charge is 0.481 e. The van der Waals surface area contributed by atoms with Crippen LogP contribution < -0.4 is 0 Å². The average Bonchev–Trinajstić information content (AvgIpc) is 2.35. The smallest absolute Gasteiger partial charge is 0.337 e. The van der Waals surface area contributed by atoms with E-state index in [-0.39, 0.29) is 19.8 Å². The fraction of sp³-hybridized carbons (Fsp3) is 0.750. The second kappa shape index (κ2) is 10.1. The molecule has 122 valence electrons. The number of rotatable bonds is 13. The maximum atomic E-state index is 11.2. The Morgan fingerprint density at radius 3 is 1.76 bits per heavy atom. The molecule has 0 saturated carbocycles. The Labute approximate surface area is 121 Å². The lowest BCUT2D eigenvalue weighted by molar-refractivity contribution is -0.180. The summed E-state index contributed by atoms with van der Waals surface area (Å²) in [4.78, 5) is 32.6. The molecule has 0 bridgehead atoms. The minimum atomic E-state index is -2.30. The molecule has 0 heterocycles. The lowest BCUT2D eigenvalue weighted by Crippen LogP contribution is -2.46. The second-order valence-corrected chi connectivity index (χ2v) is 4.10. The van der Waals surface area contributed by atoms with Crippen molar-refractivity contribution in [1.82, 2.24) is 0 Å². The summed E-state index contributed by atoms with van der Waals surface area (Å²) in [5.74, 6) is -4.56. The number of carboxylic acid groups (broad SMARTS) is 3. The minimum absolute atomic E-state index is 0.00133. The Balaban J connectivity index is 4.42. The number of hydrogen-bond acceptors (Lipinski definition) is 6. The molecule has 0 aliphatic carbocycles. The first-order chi connectivity index (χ1) is 9.84. The third-order valence-electron chi connectivity index (χ3n) is 2.45. The third-order valence-corrected chi connectivity index (χ3v) is 2.45. The molecule has 0 radical (unpaired) electrons. The van der Waals surface area contributed by atoms with Gasteiger partial charge in [0, 0.05) is 6.61 Å². The van der Waals surface area contributed by atoms with Crippen LogP contribution in [0.4, 0.5) is 0 Å². The molecule has 0 rings (SSSR count). The Morgan fingerprint density at radius 1 is 0.857 bits per heavy atom. The lowest BCUT2D eigenvalue weighted by atomic mass is 9.95. The van der Waals surface area contributed by atoms with E-state index >= 15 is 0 Å². The van der Waals surface area contributed by atoms with E-state index in [4.69, 9.17) is 29.5 Å². The second-order valence-electron chi connectivity index (χ2n) is 4.10. The number of carbonyl (C=O) groups is 3. The molecule has 0 spiro atoms. The molecule has 21 heavy (non-hydrogen) atoms. The fourth-order valence-corrected chi connectivity index (χ4v) is 1.53. The topological polar surface area (TPSA) is 140 Å². The first-order valence-corrected chi connectivity index (χ1v) is 6.30. The van der Waals surface area contributed by atoms with Gasteiger partial charge in [-0.15, -0.1) is 0 Å². The van der Waals surface area contributed by atoms with E-state index in [1.165, 1.54) is 0 Å². The fourth-order valence-electron chi connectivity index (χ4n) is 1.53. The van der Waals surface area contributed by atoms with E-state index < -0.39 is 36.4 Å². The van der Waals surface area contributed by atoms with Gasteiger partial charge in [0.1, 0.15) is 0 Å². The highest BCUT2D eigenvalue weighted by Gasteiger charge is 2.44. The molecule has 0 aliphatic rings. The van der Waals surface area contributed by atoms with E-state index in [2.05, 4.69) is 0 Å². The highest BCUT2D eigenvalue weighted by molar-refractivity contribution is 5.88. The number of carboxylic acids is 3. The average molecular weight is 308 g/mol. The summed E-state index contributed by atoms with van der Waals surface area (Å²) in [6, 6.07) is 0. The van der Waals surface area contributed by atoms with Gasteiger partial charge in [-0.1, -0.05) is 0 Å². The molecule has 0 aromatic rings. The first-order valence-electron chi connectivity index (χ1n) is 6.30. The van der Waals surface area contributed by atoms with Gasteiger partial charge in [-0.2, -0.15) is 0 Å². The van der Waals surface area contributed by atoms with Crippen LogP contribution in [-0.4, -0.2) is 71.9 Å². The van der Waals surface area contributed by atoms with Gasteiger partial charge in [0.2, 0.25) is 0 Å². The number of aliphatic carboxylic acids is 3. The molecule has 3 N–H and O–H groups in total. The molecule has 0 unspecified atom stereocenters. The normalized spacial score (nSPS) is 11.3.